The van der Waals surface area contributed by atoms with Crippen LogP contribution in [0, 0.1) is 6.92 Å². The van der Waals surface area contributed by atoms with Gasteiger partial charge in [0.15, 0.2) is 5.58 Å². The molecule has 0 amide bonds. The molecule has 2 nitrogen and oxygen atoms in total. The van der Waals surface area contributed by atoms with Gasteiger partial charge >= 0.3 is 4.94 Å². The Hall–Kier alpha value is -1.61. The first-order valence-electron chi connectivity index (χ1n) is 4.68. The Balaban J connectivity index is 2.68. The van der Waals surface area contributed by atoms with E-state index in [1.807, 2.05) is 37.3 Å². The first kappa shape index (κ1) is 8.68. The fourth-order valence-electron chi connectivity index (χ4n) is 1.87. The van der Waals surface area contributed by atoms with Gasteiger partial charge in [-0.25, -0.2) is 4.79 Å². The Morgan fingerprint density at radius 1 is 1.20 bits per heavy atom. The minimum Gasteiger partial charge on any atom is -0.413 e. The standard InChI is InChI=1S/C12H8O2S/c1-7-6-10-11(14-12(13)15-10)9-5-3-2-4-8(7)9/h2-6H,1H3. The molecule has 0 atom stereocenters. The van der Waals surface area contributed by atoms with Gasteiger partial charge in [0.05, 0.1) is 4.70 Å². The topological polar surface area (TPSA) is 30.2 Å². The molecule has 0 saturated heterocycles. The Bertz CT molecular complexity index is 706. The molecule has 3 heteroatoms. The van der Waals surface area contributed by atoms with Crippen molar-refractivity contribution in [2.45, 2.75) is 6.92 Å². The summed E-state index contributed by atoms with van der Waals surface area (Å²) in [7, 11) is 0. The summed E-state index contributed by atoms with van der Waals surface area (Å²) in [4.78, 5) is 11.0. The lowest BCUT2D eigenvalue weighted by Crippen LogP contribution is -1.80. The lowest BCUT2D eigenvalue weighted by atomic mass is 10.1. The Kier molecular flexibility index (Phi) is 1.70. The summed E-state index contributed by atoms with van der Waals surface area (Å²) in [5, 5.41) is 2.16. The lowest BCUT2D eigenvalue weighted by molar-refractivity contribution is 0.588. The van der Waals surface area contributed by atoms with Crippen LogP contribution < -0.4 is 4.94 Å². The van der Waals surface area contributed by atoms with Gasteiger partial charge in [-0.15, -0.1) is 0 Å². The Morgan fingerprint density at radius 3 is 2.73 bits per heavy atom. The van der Waals surface area contributed by atoms with E-state index in [-0.39, 0.29) is 4.94 Å². The highest BCUT2D eigenvalue weighted by atomic mass is 32.1. The molecule has 0 aliphatic rings. The summed E-state index contributed by atoms with van der Waals surface area (Å²) >= 11 is 1.16. The van der Waals surface area contributed by atoms with E-state index in [2.05, 4.69) is 0 Å². The van der Waals surface area contributed by atoms with Crippen molar-refractivity contribution < 1.29 is 4.42 Å². The zero-order valence-electron chi connectivity index (χ0n) is 8.11. The van der Waals surface area contributed by atoms with Crippen LogP contribution in [0.2, 0.25) is 0 Å². The minimum absolute atomic E-state index is 0.235. The van der Waals surface area contributed by atoms with E-state index in [0.29, 0.717) is 5.58 Å². The first-order chi connectivity index (χ1) is 7.25. The van der Waals surface area contributed by atoms with Gasteiger partial charge in [-0.3, -0.25) is 0 Å². The molecule has 0 bridgehead atoms. The van der Waals surface area contributed by atoms with E-state index in [9.17, 15) is 4.79 Å². The van der Waals surface area contributed by atoms with Gasteiger partial charge in [0.2, 0.25) is 0 Å². The highest BCUT2D eigenvalue weighted by Crippen LogP contribution is 2.29. The summed E-state index contributed by atoms with van der Waals surface area (Å²) in [6.45, 7) is 2.05. The Labute approximate surface area is 89.8 Å². The van der Waals surface area contributed by atoms with E-state index >= 15 is 0 Å². The molecule has 1 aromatic heterocycles. The van der Waals surface area contributed by atoms with E-state index < -0.39 is 0 Å². The smallest absolute Gasteiger partial charge is 0.396 e. The molecule has 3 rings (SSSR count). The van der Waals surface area contributed by atoms with Gasteiger partial charge < -0.3 is 4.42 Å². The van der Waals surface area contributed by atoms with Gasteiger partial charge in [0, 0.05) is 5.39 Å². The molecule has 1 heterocycles. The predicted octanol–water partition coefficient (Wildman–Crippen LogP) is 3.32. The normalized spacial score (nSPS) is 11.3. The van der Waals surface area contributed by atoms with E-state index in [4.69, 9.17) is 4.42 Å². The number of benzene rings is 2. The van der Waals surface area contributed by atoms with Crippen LogP contribution in [0.15, 0.2) is 39.5 Å². The summed E-state index contributed by atoms with van der Waals surface area (Å²) in [5.41, 5.74) is 1.89. The summed E-state index contributed by atoms with van der Waals surface area (Å²) < 4.78 is 6.13. The van der Waals surface area contributed by atoms with Crippen LogP contribution >= 0.6 is 11.3 Å². The molecule has 0 saturated carbocycles. The second-order valence-electron chi connectivity index (χ2n) is 3.52. The molecular weight excluding hydrogens is 208 g/mol. The highest BCUT2D eigenvalue weighted by molar-refractivity contribution is 7.16. The number of aryl methyl sites for hydroxylation is 1. The maximum absolute atomic E-state index is 11.2. The molecule has 0 radical (unpaired) electrons. The minimum atomic E-state index is -0.235. The average molecular weight is 216 g/mol. The van der Waals surface area contributed by atoms with Crippen LogP contribution in [0.3, 0.4) is 0 Å². The Morgan fingerprint density at radius 2 is 1.93 bits per heavy atom. The molecule has 0 spiro atoms. The molecule has 0 N–H and O–H groups in total. The zero-order valence-corrected chi connectivity index (χ0v) is 8.93. The third kappa shape index (κ3) is 1.20. The van der Waals surface area contributed by atoms with Crippen molar-refractivity contribution in [1.82, 2.24) is 0 Å². The lowest BCUT2D eigenvalue weighted by Gasteiger charge is -2.01. The van der Waals surface area contributed by atoms with Crippen LogP contribution in [0.4, 0.5) is 0 Å². The van der Waals surface area contributed by atoms with Crippen LogP contribution in [-0.2, 0) is 0 Å². The molecule has 2 aromatic carbocycles. The third-order valence-electron chi connectivity index (χ3n) is 2.55. The molecule has 0 fully saturated rings. The molecule has 0 aliphatic heterocycles. The van der Waals surface area contributed by atoms with Crippen molar-refractivity contribution in [3.05, 3.63) is 45.6 Å². The summed E-state index contributed by atoms with van der Waals surface area (Å²) in [6, 6.07) is 9.99. The van der Waals surface area contributed by atoms with Crippen LogP contribution in [0.1, 0.15) is 5.56 Å². The molecule has 0 aliphatic carbocycles. The largest absolute Gasteiger partial charge is 0.413 e. The number of fused-ring (bicyclic) bond motifs is 3. The van der Waals surface area contributed by atoms with E-state index in [0.717, 1.165) is 26.8 Å². The highest BCUT2D eigenvalue weighted by Gasteiger charge is 2.08. The SMILES string of the molecule is Cc1cc2sc(=O)oc2c2ccccc12. The summed E-state index contributed by atoms with van der Waals surface area (Å²) in [6.07, 6.45) is 0. The van der Waals surface area contributed by atoms with Gasteiger partial charge in [-0.05, 0) is 23.9 Å². The van der Waals surface area contributed by atoms with Crippen LogP contribution in [0.25, 0.3) is 21.1 Å². The number of hydrogen-bond acceptors (Lipinski definition) is 3. The van der Waals surface area contributed by atoms with Gasteiger partial charge in [-0.2, -0.15) is 0 Å². The maximum atomic E-state index is 11.2. The molecule has 74 valence electrons. The van der Waals surface area contributed by atoms with E-state index in [1.54, 1.807) is 0 Å². The van der Waals surface area contributed by atoms with E-state index in [1.165, 1.54) is 5.56 Å². The van der Waals surface area contributed by atoms with Crippen molar-refractivity contribution in [3.63, 3.8) is 0 Å². The second kappa shape index (κ2) is 2.94. The van der Waals surface area contributed by atoms with Gasteiger partial charge in [-0.1, -0.05) is 35.6 Å². The van der Waals surface area contributed by atoms with Crippen molar-refractivity contribution >= 4 is 32.4 Å². The monoisotopic (exact) mass is 216 g/mol. The fourth-order valence-corrected chi connectivity index (χ4v) is 2.66. The zero-order chi connectivity index (χ0) is 10.4. The van der Waals surface area contributed by atoms with Crippen molar-refractivity contribution in [2.75, 3.05) is 0 Å². The summed E-state index contributed by atoms with van der Waals surface area (Å²) in [5.74, 6) is 0. The number of hydrogen-bond donors (Lipinski definition) is 0. The molecule has 0 unspecified atom stereocenters. The maximum Gasteiger partial charge on any atom is 0.396 e. The van der Waals surface area contributed by atoms with Crippen LogP contribution in [0.5, 0.6) is 0 Å². The van der Waals surface area contributed by atoms with Crippen LogP contribution in [-0.4, -0.2) is 0 Å². The molecule has 3 aromatic rings. The van der Waals surface area contributed by atoms with Crippen molar-refractivity contribution in [3.8, 4) is 0 Å². The quantitative estimate of drug-likeness (QED) is 0.577. The first-order valence-corrected chi connectivity index (χ1v) is 5.49. The van der Waals surface area contributed by atoms with Crippen molar-refractivity contribution in [1.29, 1.82) is 0 Å². The molecular formula is C12H8O2S. The van der Waals surface area contributed by atoms with Gasteiger partial charge in [0.25, 0.3) is 0 Å². The predicted molar refractivity (Wildman–Crippen MR) is 62.6 cm³/mol. The molecule has 15 heavy (non-hydrogen) atoms. The second-order valence-corrected chi connectivity index (χ2v) is 4.50. The van der Waals surface area contributed by atoms with Gasteiger partial charge in [0.1, 0.15) is 0 Å². The fraction of sp³-hybridized carbons (Fsp3) is 0.0833. The van der Waals surface area contributed by atoms with Crippen molar-refractivity contribution in [2.24, 2.45) is 0 Å². The third-order valence-corrected chi connectivity index (χ3v) is 3.32. The number of rotatable bonds is 0. The average Bonchev–Trinajstić information content (AvgIpc) is 2.59.